The third-order valence-electron chi connectivity index (χ3n) is 0.972. The summed E-state index contributed by atoms with van der Waals surface area (Å²) >= 11 is 0. The topological polar surface area (TPSA) is 0 Å². The van der Waals surface area contributed by atoms with E-state index in [4.69, 9.17) is 0 Å². The Balaban J connectivity index is 0. The molecule has 0 aromatic rings. The van der Waals surface area contributed by atoms with Crippen LogP contribution in [0.4, 0.5) is 0 Å². The first-order valence-corrected chi connectivity index (χ1v) is 4.06. The zero-order valence-corrected chi connectivity index (χ0v) is 7.44. The highest BCUT2D eigenvalue weighted by Crippen LogP contribution is 2.13. The van der Waals surface area contributed by atoms with Gasteiger partial charge in [-0.2, -0.15) is 0 Å². The second-order valence-corrected chi connectivity index (χ2v) is 1.64. The Labute approximate surface area is 60.0 Å². The first-order chi connectivity index (χ1) is 4.39. The maximum Gasteiger partial charge on any atom is -0.0227 e. The van der Waals surface area contributed by atoms with Gasteiger partial charge in [0.05, 0.1) is 0 Å². The Hall–Kier alpha value is -0.260. The Morgan fingerprint density at radius 3 is 1.33 bits per heavy atom. The highest BCUT2D eigenvalue weighted by atomic mass is 14.0. The van der Waals surface area contributed by atoms with Crippen molar-refractivity contribution in [3.05, 3.63) is 12.2 Å². The van der Waals surface area contributed by atoms with E-state index in [0.29, 0.717) is 0 Å². The summed E-state index contributed by atoms with van der Waals surface area (Å²) in [5.41, 5.74) is 0. The number of allylic oxidation sites excluding steroid dienone is 2. The smallest absolute Gasteiger partial charge is 0.0227 e. The summed E-state index contributed by atoms with van der Waals surface area (Å²) in [4.78, 5) is 0. The highest BCUT2D eigenvalue weighted by molar-refractivity contribution is 4.99. The highest BCUT2D eigenvalue weighted by Gasteiger charge is 1.98. The molecule has 1 unspecified atom stereocenters. The van der Waals surface area contributed by atoms with E-state index >= 15 is 0 Å². The molecule has 0 aromatic heterocycles. The standard InChI is InChI=1S/C5H8.2C2H6/c1-5-3-2-4-5;2*1-2/h2-3,5H,4H2,1H3;2*1-2H3. The van der Waals surface area contributed by atoms with Crippen molar-refractivity contribution in [2.75, 3.05) is 0 Å². The van der Waals surface area contributed by atoms with Crippen LogP contribution in [-0.2, 0) is 0 Å². The van der Waals surface area contributed by atoms with Crippen LogP contribution in [0.2, 0.25) is 0 Å². The predicted molar refractivity (Wildman–Crippen MR) is 45.6 cm³/mol. The molecular weight excluding hydrogens is 108 g/mol. The molecule has 0 heteroatoms. The van der Waals surface area contributed by atoms with E-state index < -0.39 is 0 Å². The van der Waals surface area contributed by atoms with E-state index in [1.807, 2.05) is 27.7 Å². The first-order valence-electron chi connectivity index (χ1n) is 4.06. The number of rotatable bonds is 0. The third-order valence-corrected chi connectivity index (χ3v) is 0.972. The molecule has 0 aromatic carbocycles. The van der Waals surface area contributed by atoms with E-state index in [2.05, 4.69) is 19.1 Å². The second kappa shape index (κ2) is 10.7. The Kier molecular flexibility index (Phi) is 13.7. The van der Waals surface area contributed by atoms with Gasteiger partial charge in [-0.15, -0.1) is 0 Å². The Bertz CT molecular complexity index is 53.1. The maximum atomic E-state index is 2.22. The van der Waals surface area contributed by atoms with Crippen LogP contribution in [-0.4, -0.2) is 0 Å². The third kappa shape index (κ3) is 7.74. The molecular formula is C9H20. The average Bonchev–Trinajstić information content (AvgIpc) is 1.93. The molecule has 0 radical (unpaired) electrons. The lowest BCUT2D eigenvalue weighted by molar-refractivity contribution is 0.681. The summed E-state index contributed by atoms with van der Waals surface area (Å²) in [6.07, 6.45) is 5.73. The van der Waals surface area contributed by atoms with Crippen molar-refractivity contribution >= 4 is 0 Å². The molecule has 1 atom stereocenters. The molecule has 1 aliphatic carbocycles. The maximum absolute atomic E-state index is 2.22. The van der Waals surface area contributed by atoms with Crippen molar-refractivity contribution in [3.8, 4) is 0 Å². The molecule has 0 heterocycles. The van der Waals surface area contributed by atoms with Crippen molar-refractivity contribution in [3.63, 3.8) is 0 Å². The lowest BCUT2D eigenvalue weighted by atomic mass is 9.98. The van der Waals surface area contributed by atoms with Crippen molar-refractivity contribution < 1.29 is 0 Å². The molecule has 1 aliphatic rings. The summed E-state index contributed by atoms with van der Waals surface area (Å²) in [6.45, 7) is 10.2. The van der Waals surface area contributed by atoms with Gasteiger partial charge in [-0.25, -0.2) is 0 Å². The van der Waals surface area contributed by atoms with Crippen LogP contribution in [0.1, 0.15) is 41.0 Å². The summed E-state index contributed by atoms with van der Waals surface area (Å²) in [5.74, 6) is 0.884. The largest absolute Gasteiger partial charge is 0.0877 e. The van der Waals surface area contributed by atoms with Gasteiger partial charge in [0.2, 0.25) is 0 Å². The molecule has 0 spiro atoms. The van der Waals surface area contributed by atoms with Gasteiger partial charge in [-0.05, 0) is 12.3 Å². The normalized spacial score (nSPS) is 19.9. The summed E-state index contributed by atoms with van der Waals surface area (Å²) < 4.78 is 0. The van der Waals surface area contributed by atoms with Crippen molar-refractivity contribution in [2.24, 2.45) is 5.92 Å². The second-order valence-electron chi connectivity index (χ2n) is 1.64. The van der Waals surface area contributed by atoms with Gasteiger partial charge >= 0.3 is 0 Å². The zero-order chi connectivity index (χ0) is 7.70. The lowest BCUT2D eigenvalue weighted by Gasteiger charge is -2.08. The van der Waals surface area contributed by atoms with E-state index in [-0.39, 0.29) is 0 Å². The SMILES string of the molecule is CC.CC.CC1C=CC1. The molecule has 0 amide bonds. The van der Waals surface area contributed by atoms with Crippen LogP contribution >= 0.6 is 0 Å². The molecule has 0 nitrogen and oxygen atoms in total. The van der Waals surface area contributed by atoms with Crippen LogP contribution in [0.25, 0.3) is 0 Å². The van der Waals surface area contributed by atoms with Crippen molar-refractivity contribution in [1.29, 1.82) is 0 Å². The summed E-state index contributed by atoms with van der Waals surface area (Å²) in [7, 11) is 0. The van der Waals surface area contributed by atoms with Gasteiger partial charge in [0.1, 0.15) is 0 Å². The molecule has 0 N–H and O–H groups in total. The fourth-order valence-electron chi connectivity index (χ4n) is 0.408. The van der Waals surface area contributed by atoms with Gasteiger partial charge in [0.15, 0.2) is 0 Å². The van der Waals surface area contributed by atoms with Crippen LogP contribution < -0.4 is 0 Å². The molecule has 9 heavy (non-hydrogen) atoms. The molecule has 0 bridgehead atoms. The van der Waals surface area contributed by atoms with Crippen molar-refractivity contribution in [1.82, 2.24) is 0 Å². The van der Waals surface area contributed by atoms with Gasteiger partial charge in [-0.3, -0.25) is 0 Å². The molecule has 0 fully saturated rings. The molecule has 0 saturated carbocycles. The summed E-state index contributed by atoms with van der Waals surface area (Å²) in [6, 6.07) is 0. The van der Waals surface area contributed by atoms with E-state index in [9.17, 15) is 0 Å². The van der Waals surface area contributed by atoms with Crippen LogP contribution in [0, 0.1) is 5.92 Å². The Morgan fingerprint density at radius 1 is 1.11 bits per heavy atom. The van der Waals surface area contributed by atoms with Crippen molar-refractivity contribution in [2.45, 2.75) is 41.0 Å². The minimum absolute atomic E-state index is 0.884. The quantitative estimate of drug-likeness (QED) is 0.437. The predicted octanol–water partition coefficient (Wildman–Crippen LogP) is 3.63. The van der Waals surface area contributed by atoms with E-state index in [1.165, 1.54) is 6.42 Å². The monoisotopic (exact) mass is 128 g/mol. The van der Waals surface area contributed by atoms with Gasteiger partial charge in [0, 0.05) is 0 Å². The van der Waals surface area contributed by atoms with E-state index in [0.717, 1.165) is 5.92 Å². The number of hydrogen-bond acceptors (Lipinski definition) is 0. The fourth-order valence-corrected chi connectivity index (χ4v) is 0.408. The minimum atomic E-state index is 0.884. The van der Waals surface area contributed by atoms with Crippen LogP contribution in [0.3, 0.4) is 0 Å². The van der Waals surface area contributed by atoms with Gasteiger partial charge in [0.25, 0.3) is 0 Å². The Morgan fingerprint density at radius 2 is 1.33 bits per heavy atom. The molecule has 0 aliphatic heterocycles. The lowest BCUT2D eigenvalue weighted by Crippen LogP contribution is -1.93. The average molecular weight is 128 g/mol. The summed E-state index contributed by atoms with van der Waals surface area (Å²) in [5, 5.41) is 0. The minimum Gasteiger partial charge on any atom is -0.0877 e. The van der Waals surface area contributed by atoms with Gasteiger partial charge in [-0.1, -0.05) is 46.8 Å². The molecule has 0 saturated heterocycles. The van der Waals surface area contributed by atoms with E-state index in [1.54, 1.807) is 0 Å². The van der Waals surface area contributed by atoms with Crippen LogP contribution in [0.5, 0.6) is 0 Å². The number of hydrogen-bond donors (Lipinski definition) is 0. The first kappa shape index (κ1) is 11.5. The molecule has 56 valence electrons. The van der Waals surface area contributed by atoms with Crippen LogP contribution in [0.15, 0.2) is 12.2 Å². The fraction of sp³-hybridized carbons (Fsp3) is 0.778. The zero-order valence-electron chi connectivity index (χ0n) is 7.44. The van der Waals surface area contributed by atoms with Gasteiger partial charge < -0.3 is 0 Å². The molecule has 1 rings (SSSR count).